The van der Waals surface area contributed by atoms with E-state index in [2.05, 4.69) is 46.0 Å². The molecule has 0 unspecified atom stereocenters. The maximum atomic E-state index is 14.2. The summed E-state index contributed by atoms with van der Waals surface area (Å²) in [7, 11) is 0.908. The molecule has 1 aliphatic heterocycles. The Bertz CT molecular complexity index is 2270. The topological polar surface area (TPSA) is 116 Å². The lowest BCUT2D eigenvalue weighted by molar-refractivity contribution is -0.121. The van der Waals surface area contributed by atoms with Gasteiger partial charge in [0.15, 0.2) is 14.1 Å². The SMILES string of the molecule is COc1ccc(C(OC[C@H]2O[C@@H](n3cc(C)c(=O)n(CCCCC(=O)COc4ccccc4)c3=O)C[C@@H]2O[Si](C)(C)C(C)(C)C)(c2ccccc2)c2ccc(OC)cc2)cc1. The Morgan fingerprint density at radius 1 is 0.770 bits per heavy atom. The number of aryl methyl sites for hydroxylation is 1. The third-order valence-electron chi connectivity index (χ3n) is 12.0. The van der Waals surface area contributed by atoms with Crippen molar-refractivity contribution in [2.45, 2.75) is 102 Å². The zero-order valence-electron chi connectivity index (χ0n) is 36.7. The number of unbranched alkanes of at least 4 members (excludes halogenated alkanes) is 1. The monoisotopic (exact) mass is 848 g/mol. The Morgan fingerprint density at radius 2 is 1.33 bits per heavy atom. The molecule has 4 aromatic carbocycles. The van der Waals surface area contributed by atoms with Crippen LogP contribution in [0.5, 0.6) is 17.2 Å². The van der Waals surface area contributed by atoms with Gasteiger partial charge in [-0.05, 0) is 91.0 Å². The number of hydrogen-bond acceptors (Lipinski definition) is 9. The van der Waals surface area contributed by atoms with Crippen LogP contribution in [0, 0.1) is 6.92 Å². The maximum Gasteiger partial charge on any atom is 0.333 e. The third-order valence-corrected chi connectivity index (χ3v) is 16.5. The Balaban J connectivity index is 1.30. The standard InChI is InChI=1S/C49H60N2O9Si/c1-35-32-51(47(54)50(46(35)53)30-16-15-19-39(52)33-57-42-20-13-10-14-21-42)45-31-43(60-61(7,8)48(2,3)4)44(59-45)34-58-49(36-17-11-9-12-18-36,37-22-26-40(55-5)27-23-37)38-24-28-41(56-6)29-25-38/h9-14,17-18,20-29,32,43-45H,15-16,19,30-31,33-34H2,1-8H3/t43-,44+,45+/m0/s1. The summed E-state index contributed by atoms with van der Waals surface area (Å²) in [6, 6.07) is 35.0. The van der Waals surface area contributed by atoms with E-state index in [1.54, 1.807) is 39.5 Å². The highest BCUT2D eigenvalue weighted by molar-refractivity contribution is 6.74. The third kappa shape index (κ3) is 10.4. The highest BCUT2D eigenvalue weighted by atomic mass is 28.4. The molecule has 1 aliphatic rings. The first-order valence-corrected chi connectivity index (χ1v) is 23.9. The summed E-state index contributed by atoms with van der Waals surface area (Å²) >= 11 is 0. The summed E-state index contributed by atoms with van der Waals surface area (Å²) in [5.41, 5.74) is 1.15. The lowest BCUT2D eigenvalue weighted by Crippen LogP contribution is -2.47. The second kappa shape index (κ2) is 19.6. The fourth-order valence-corrected chi connectivity index (χ4v) is 8.85. The quantitative estimate of drug-likeness (QED) is 0.0457. The predicted molar refractivity (Wildman–Crippen MR) is 239 cm³/mol. The van der Waals surface area contributed by atoms with Crippen molar-refractivity contribution in [3.63, 3.8) is 0 Å². The first-order chi connectivity index (χ1) is 29.2. The van der Waals surface area contributed by atoms with Crippen LogP contribution >= 0.6 is 0 Å². The summed E-state index contributed by atoms with van der Waals surface area (Å²) in [6.07, 6.45) is 1.46. The van der Waals surface area contributed by atoms with E-state index in [0.717, 1.165) is 16.7 Å². The normalized spacial score (nSPS) is 17.0. The number of carbonyl (C=O) groups excluding carboxylic acids is 1. The minimum Gasteiger partial charge on any atom is -0.497 e. The van der Waals surface area contributed by atoms with Gasteiger partial charge < -0.3 is 28.1 Å². The number of para-hydroxylation sites is 1. The van der Waals surface area contributed by atoms with Crippen molar-refractivity contribution in [2.24, 2.45) is 0 Å². The predicted octanol–water partition coefficient (Wildman–Crippen LogP) is 8.84. The highest BCUT2D eigenvalue weighted by Crippen LogP contribution is 2.45. The molecular weight excluding hydrogens is 789 g/mol. The number of methoxy groups -OCH3 is 2. The van der Waals surface area contributed by atoms with Crippen molar-refractivity contribution in [3.05, 3.63) is 158 Å². The van der Waals surface area contributed by atoms with Crippen LogP contribution < -0.4 is 25.5 Å². The van der Waals surface area contributed by atoms with E-state index in [4.69, 9.17) is 28.1 Å². The van der Waals surface area contributed by atoms with Crippen molar-refractivity contribution in [1.29, 1.82) is 0 Å². The van der Waals surface area contributed by atoms with Crippen LogP contribution in [0.2, 0.25) is 18.1 Å². The van der Waals surface area contributed by atoms with Gasteiger partial charge in [-0.1, -0.05) is 93.6 Å². The summed E-state index contributed by atoms with van der Waals surface area (Å²) in [6.45, 7) is 12.9. The van der Waals surface area contributed by atoms with Gasteiger partial charge in [0, 0.05) is 31.1 Å². The molecule has 0 saturated carbocycles. The van der Waals surface area contributed by atoms with Gasteiger partial charge in [0.05, 0.1) is 26.9 Å². The molecule has 1 fully saturated rings. The van der Waals surface area contributed by atoms with Crippen LogP contribution in [0.25, 0.3) is 0 Å². The molecule has 0 radical (unpaired) electrons. The first kappa shape index (κ1) is 45.3. The van der Waals surface area contributed by atoms with Gasteiger partial charge >= 0.3 is 5.69 Å². The lowest BCUT2D eigenvalue weighted by atomic mass is 9.80. The molecule has 0 N–H and O–H groups in total. The molecule has 0 spiro atoms. The summed E-state index contributed by atoms with van der Waals surface area (Å²) in [5.74, 6) is 2.02. The van der Waals surface area contributed by atoms with Crippen LogP contribution in [0.1, 0.15) is 74.9 Å². The second-order valence-corrected chi connectivity index (χ2v) is 21.9. The van der Waals surface area contributed by atoms with Gasteiger partial charge in [0.2, 0.25) is 0 Å². The summed E-state index contributed by atoms with van der Waals surface area (Å²) in [4.78, 5) is 40.2. The largest absolute Gasteiger partial charge is 0.497 e. The molecule has 0 bridgehead atoms. The van der Waals surface area contributed by atoms with E-state index < -0.39 is 38.0 Å². The lowest BCUT2D eigenvalue weighted by Gasteiger charge is -2.40. The Morgan fingerprint density at radius 3 is 1.89 bits per heavy atom. The number of ether oxygens (including phenoxy) is 5. The first-order valence-electron chi connectivity index (χ1n) is 21.0. The molecule has 0 aliphatic carbocycles. The van der Waals surface area contributed by atoms with E-state index in [1.807, 2.05) is 84.9 Å². The molecule has 6 rings (SSSR count). The molecule has 11 nitrogen and oxygen atoms in total. The van der Waals surface area contributed by atoms with Crippen LogP contribution in [0.15, 0.2) is 125 Å². The Kier molecular flexibility index (Phi) is 14.6. The molecule has 12 heteroatoms. The van der Waals surface area contributed by atoms with Gasteiger partial charge in [0.25, 0.3) is 5.56 Å². The average Bonchev–Trinajstić information content (AvgIpc) is 3.66. The van der Waals surface area contributed by atoms with Crippen molar-refractivity contribution in [1.82, 2.24) is 9.13 Å². The minimum absolute atomic E-state index is 0.0319. The number of aromatic nitrogens is 2. The van der Waals surface area contributed by atoms with Gasteiger partial charge in [-0.2, -0.15) is 0 Å². The molecule has 61 heavy (non-hydrogen) atoms. The summed E-state index contributed by atoms with van der Waals surface area (Å²) < 4.78 is 40.8. The average molecular weight is 849 g/mol. The second-order valence-electron chi connectivity index (χ2n) is 17.2. The van der Waals surface area contributed by atoms with Gasteiger partial charge in [-0.25, -0.2) is 4.79 Å². The molecule has 1 saturated heterocycles. The smallest absolute Gasteiger partial charge is 0.333 e. The van der Waals surface area contributed by atoms with Crippen molar-refractivity contribution in [3.8, 4) is 17.2 Å². The van der Waals surface area contributed by atoms with Crippen molar-refractivity contribution in [2.75, 3.05) is 27.4 Å². The number of carbonyl (C=O) groups is 1. The molecule has 324 valence electrons. The van der Waals surface area contributed by atoms with Gasteiger partial charge in [-0.3, -0.25) is 18.7 Å². The number of rotatable bonds is 19. The zero-order valence-corrected chi connectivity index (χ0v) is 37.7. The van der Waals surface area contributed by atoms with Gasteiger partial charge in [-0.15, -0.1) is 0 Å². The zero-order chi connectivity index (χ0) is 43.8. The van der Waals surface area contributed by atoms with Crippen LogP contribution in [-0.2, 0) is 30.8 Å². The number of ketones is 1. The molecule has 5 aromatic rings. The molecule has 3 atom stereocenters. The maximum absolute atomic E-state index is 14.2. The summed E-state index contributed by atoms with van der Waals surface area (Å²) in [5, 5.41) is -0.105. The van der Waals surface area contributed by atoms with Crippen molar-refractivity contribution < 1.29 is 32.9 Å². The highest BCUT2D eigenvalue weighted by Gasteiger charge is 2.47. The van der Waals surface area contributed by atoms with E-state index in [0.29, 0.717) is 42.1 Å². The van der Waals surface area contributed by atoms with Gasteiger partial charge in [0.1, 0.15) is 41.8 Å². The van der Waals surface area contributed by atoms with E-state index in [1.165, 1.54) is 9.13 Å². The number of nitrogens with zero attached hydrogens (tertiary/aromatic N) is 2. The fourth-order valence-electron chi connectivity index (χ4n) is 7.49. The Labute approximate surface area is 360 Å². The fraction of sp³-hybridized carbons (Fsp3) is 0.408. The van der Waals surface area contributed by atoms with Crippen molar-refractivity contribution >= 4 is 14.1 Å². The molecule has 2 heterocycles. The number of hydrogen-bond donors (Lipinski definition) is 0. The Hall–Kier alpha value is -5.27. The minimum atomic E-state index is -2.37. The van der Waals surface area contributed by atoms with E-state index >= 15 is 0 Å². The molecular formula is C49H60N2O9Si. The van der Waals surface area contributed by atoms with E-state index in [9.17, 15) is 14.4 Å². The van der Waals surface area contributed by atoms with Crippen LogP contribution in [0.3, 0.4) is 0 Å². The van der Waals surface area contributed by atoms with Crippen LogP contribution in [-0.4, -0.2) is 62.9 Å². The van der Waals surface area contributed by atoms with Crippen LogP contribution in [0.4, 0.5) is 0 Å². The van der Waals surface area contributed by atoms with E-state index in [-0.39, 0.29) is 42.6 Å². The molecule has 1 aromatic heterocycles. The number of benzene rings is 4. The number of Topliss-reactive ketones (excluding diaryl/α,β-unsaturated/α-hetero) is 1. The molecule has 0 amide bonds.